The van der Waals surface area contributed by atoms with Crippen LogP contribution in [0, 0.1) is 5.92 Å². The van der Waals surface area contributed by atoms with Crippen LogP contribution in [0.3, 0.4) is 0 Å². The van der Waals surface area contributed by atoms with Gasteiger partial charge in [0, 0.05) is 6.42 Å². The van der Waals surface area contributed by atoms with E-state index in [1.807, 2.05) is 27.7 Å². The van der Waals surface area contributed by atoms with E-state index in [0.717, 1.165) is 32.1 Å². The van der Waals surface area contributed by atoms with E-state index in [1.54, 1.807) is 0 Å². The molecule has 0 saturated carbocycles. The first-order valence-corrected chi connectivity index (χ1v) is 11.3. The molecule has 0 saturated heterocycles. The molecule has 0 radical (unpaired) electrons. The molecular formula is C24H46O3. The number of rotatable bonds is 17. The lowest BCUT2D eigenvalue weighted by atomic mass is 9.83. The summed E-state index contributed by atoms with van der Waals surface area (Å²) < 4.78 is 5.14. The summed E-state index contributed by atoms with van der Waals surface area (Å²) in [7, 11) is 0. The summed E-state index contributed by atoms with van der Waals surface area (Å²) >= 11 is 0. The van der Waals surface area contributed by atoms with Crippen molar-refractivity contribution in [3.05, 3.63) is 12.2 Å². The molecule has 0 aromatic rings. The van der Waals surface area contributed by atoms with E-state index in [9.17, 15) is 9.90 Å². The largest absolute Gasteiger partial charge is 0.463 e. The molecule has 3 nitrogen and oxygen atoms in total. The van der Waals surface area contributed by atoms with Gasteiger partial charge < -0.3 is 9.84 Å². The van der Waals surface area contributed by atoms with Crippen LogP contribution in [0.5, 0.6) is 0 Å². The maximum Gasteiger partial charge on any atom is 0.306 e. The Kier molecular flexibility index (Phi) is 15.7. The number of aliphatic hydroxyl groups is 1. The van der Waals surface area contributed by atoms with Crippen molar-refractivity contribution in [2.75, 3.05) is 0 Å². The molecule has 0 amide bonds. The third kappa shape index (κ3) is 17.0. The summed E-state index contributed by atoms with van der Waals surface area (Å²) in [5.74, 6) is 0.292. The van der Waals surface area contributed by atoms with E-state index in [-0.39, 0.29) is 12.1 Å². The van der Waals surface area contributed by atoms with Crippen molar-refractivity contribution in [2.45, 2.75) is 130 Å². The highest BCUT2D eigenvalue weighted by molar-refractivity contribution is 5.69. The Labute approximate surface area is 169 Å². The normalized spacial score (nSPS) is 13.4. The smallest absolute Gasteiger partial charge is 0.306 e. The highest BCUT2D eigenvalue weighted by Gasteiger charge is 2.24. The Hall–Kier alpha value is -0.830. The second kappa shape index (κ2) is 16.2. The average molecular weight is 383 g/mol. The Bertz CT molecular complexity index is 380. The van der Waals surface area contributed by atoms with Gasteiger partial charge in [-0.3, -0.25) is 4.79 Å². The minimum Gasteiger partial charge on any atom is -0.463 e. The molecule has 0 rings (SSSR count). The lowest BCUT2D eigenvalue weighted by molar-refractivity contribution is -0.147. The van der Waals surface area contributed by atoms with Crippen molar-refractivity contribution in [2.24, 2.45) is 5.92 Å². The predicted molar refractivity (Wildman–Crippen MR) is 116 cm³/mol. The number of esters is 1. The molecular weight excluding hydrogens is 336 g/mol. The second-order valence-corrected chi connectivity index (χ2v) is 8.75. The fourth-order valence-corrected chi connectivity index (χ4v) is 3.34. The molecule has 1 N–H and O–H groups in total. The van der Waals surface area contributed by atoms with Crippen LogP contribution in [0.1, 0.15) is 118 Å². The van der Waals surface area contributed by atoms with Crippen molar-refractivity contribution < 1.29 is 14.6 Å². The molecule has 0 aromatic carbocycles. The number of hydrogen-bond acceptors (Lipinski definition) is 3. The lowest BCUT2D eigenvalue weighted by Gasteiger charge is -2.28. The number of carbonyl (C=O) groups is 1. The second-order valence-electron chi connectivity index (χ2n) is 8.75. The van der Waals surface area contributed by atoms with Crippen LogP contribution < -0.4 is 0 Å². The molecule has 1 atom stereocenters. The zero-order chi connectivity index (χ0) is 20.5. The van der Waals surface area contributed by atoms with Gasteiger partial charge in [0.05, 0.1) is 11.7 Å². The van der Waals surface area contributed by atoms with Gasteiger partial charge in [0.1, 0.15) is 0 Å². The van der Waals surface area contributed by atoms with E-state index in [1.165, 1.54) is 44.9 Å². The van der Waals surface area contributed by atoms with Crippen molar-refractivity contribution in [3.63, 3.8) is 0 Å². The van der Waals surface area contributed by atoms with E-state index in [4.69, 9.17) is 4.74 Å². The first-order chi connectivity index (χ1) is 12.8. The molecule has 0 fully saturated rings. The summed E-state index contributed by atoms with van der Waals surface area (Å²) in [6.07, 6.45) is 19.0. The van der Waals surface area contributed by atoms with Crippen LogP contribution in [0.15, 0.2) is 12.2 Å². The maximum atomic E-state index is 11.4. The minimum absolute atomic E-state index is 0.00312. The summed E-state index contributed by atoms with van der Waals surface area (Å²) in [5.41, 5.74) is -0.590. The number of ether oxygens (including phenoxy) is 1. The average Bonchev–Trinajstić information content (AvgIpc) is 2.56. The number of unbranched alkanes of at least 4 members (excludes halogenated alkanes) is 8. The molecule has 27 heavy (non-hydrogen) atoms. The van der Waals surface area contributed by atoms with Crippen LogP contribution in [-0.4, -0.2) is 22.8 Å². The standard InChI is InChI=1S/C24H46O3/c1-6-7-8-15-18-22(24(4,5)26)19-16-13-11-9-10-12-14-17-20-23(25)27-21(2)3/h13,16,21-22,26H,6-12,14-15,17-20H2,1-5H3/b16-13-. The van der Waals surface area contributed by atoms with Gasteiger partial charge in [-0.1, -0.05) is 64.0 Å². The van der Waals surface area contributed by atoms with Gasteiger partial charge in [-0.15, -0.1) is 0 Å². The monoisotopic (exact) mass is 382 g/mol. The summed E-state index contributed by atoms with van der Waals surface area (Å²) in [6.45, 7) is 9.91. The highest BCUT2D eigenvalue weighted by Crippen LogP contribution is 2.26. The first kappa shape index (κ1) is 26.2. The van der Waals surface area contributed by atoms with Crippen molar-refractivity contribution in [1.82, 2.24) is 0 Å². The van der Waals surface area contributed by atoms with Crippen LogP contribution >= 0.6 is 0 Å². The van der Waals surface area contributed by atoms with Crippen LogP contribution in [0.4, 0.5) is 0 Å². The van der Waals surface area contributed by atoms with Crippen LogP contribution in [0.25, 0.3) is 0 Å². The number of carbonyl (C=O) groups excluding carboxylic acids is 1. The fourth-order valence-electron chi connectivity index (χ4n) is 3.34. The highest BCUT2D eigenvalue weighted by atomic mass is 16.5. The lowest BCUT2D eigenvalue weighted by Crippen LogP contribution is -2.30. The molecule has 160 valence electrons. The quantitative estimate of drug-likeness (QED) is 0.168. The first-order valence-electron chi connectivity index (χ1n) is 11.3. The molecule has 0 heterocycles. The van der Waals surface area contributed by atoms with E-state index in [0.29, 0.717) is 12.3 Å². The third-order valence-corrected chi connectivity index (χ3v) is 5.11. The Morgan fingerprint density at radius 3 is 2.22 bits per heavy atom. The molecule has 1 unspecified atom stereocenters. The van der Waals surface area contributed by atoms with E-state index < -0.39 is 5.60 Å². The number of hydrogen-bond donors (Lipinski definition) is 1. The van der Waals surface area contributed by atoms with Gasteiger partial charge in [0.2, 0.25) is 0 Å². The topological polar surface area (TPSA) is 46.5 Å². The summed E-state index contributed by atoms with van der Waals surface area (Å²) in [4.78, 5) is 11.4. The molecule has 0 aromatic heterocycles. The minimum atomic E-state index is -0.590. The third-order valence-electron chi connectivity index (χ3n) is 5.11. The van der Waals surface area contributed by atoms with Crippen molar-refractivity contribution >= 4 is 5.97 Å². The molecule has 0 aliphatic rings. The van der Waals surface area contributed by atoms with Crippen molar-refractivity contribution in [3.8, 4) is 0 Å². The Balaban J connectivity index is 3.74. The predicted octanol–water partition coefficient (Wildman–Crippen LogP) is 6.97. The Morgan fingerprint density at radius 2 is 1.59 bits per heavy atom. The van der Waals surface area contributed by atoms with E-state index >= 15 is 0 Å². The van der Waals surface area contributed by atoms with Gasteiger partial charge in [-0.25, -0.2) is 0 Å². The van der Waals surface area contributed by atoms with Gasteiger partial charge in [-0.05, 0) is 65.7 Å². The van der Waals surface area contributed by atoms with Crippen molar-refractivity contribution in [1.29, 1.82) is 0 Å². The molecule has 0 aliphatic heterocycles. The van der Waals surface area contributed by atoms with Gasteiger partial charge >= 0.3 is 5.97 Å². The summed E-state index contributed by atoms with van der Waals surface area (Å²) in [5, 5.41) is 10.4. The molecule has 0 aliphatic carbocycles. The summed E-state index contributed by atoms with van der Waals surface area (Å²) in [6, 6.07) is 0. The number of allylic oxidation sites excluding steroid dienone is 2. The Morgan fingerprint density at radius 1 is 0.963 bits per heavy atom. The van der Waals surface area contributed by atoms with Gasteiger partial charge in [-0.2, -0.15) is 0 Å². The van der Waals surface area contributed by atoms with Crippen LogP contribution in [0.2, 0.25) is 0 Å². The van der Waals surface area contributed by atoms with E-state index in [2.05, 4.69) is 19.1 Å². The van der Waals surface area contributed by atoms with Crippen LogP contribution in [-0.2, 0) is 9.53 Å². The zero-order valence-corrected chi connectivity index (χ0v) is 18.8. The molecule has 0 bridgehead atoms. The fraction of sp³-hybridized carbons (Fsp3) is 0.875. The van der Waals surface area contributed by atoms with Gasteiger partial charge in [0.25, 0.3) is 0 Å². The maximum absolute atomic E-state index is 11.4. The molecule has 3 heteroatoms. The zero-order valence-electron chi connectivity index (χ0n) is 18.8. The SMILES string of the molecule is CCCCCCC(C/C=C\CCCCCCCC(=O)OC(C)C)C(C)(C)O. The molecule has 0 spiro atoms. The van der Waals surface area contributed by atoms with Gasteiger partial charge in [0.15, 0.2) is 0 Å².